The zero-order valence-corrected chi connectivity index (χ0v) is 8.89. The molecule has 74 valence electrons. The van der Waals surface area contributed by atoms with Crippen molar-refractivity contribution in [1.29, 1.82) is 0 Å². The first-order valence-corrected chi connectivity index (χ1v) is 4.48. The van der Waals surface area contributed by atoms with E-state index in [9.17, 15) is 4.79 Å². The highest BCUT2D eigenvalue weighted by Gasteiger charge is 2.15. The average molecular weight is 211 g/mol. The lowest BCUT2D eigenvalue weighted by atomic mass is 10.0. The van der Waals surface area contributed by atoms with E-state index in [2.05, 4.69) is 11.3 Å². The lowest BCUT2D eigenvalue weighted by Gasteiger charge is -2.08. The van der Waals surface area contributed by atoms with Crippen molar-refractivity contribution in [2.24, 2.45) is 0 Å². The molecule has 3 heteroatoms. The smallest absolute Gasteiger partial charge is 0.339 e. The molecule has 0 aliphatic carbocycles. The lowest BCUT2D eigenvalue weighted by molar-refractivity contribution is 0.0600. The number of halogens is 1. The zero-order valence-electron chi connectivity index (χ0n) is 8.13. The van der Waals surface area contributed by atoms with Crippen LogP contribution >= 0.6 is 11.6 Å². The first kappa shape index (κ1) is 10.8. The summed E-state index contributed by atoms with van der Waals surface area (Å²) in [6.45, 7) is 5.59. The Kier molecular flexibility index (Phi) is 3.31. The van der Waals surface area contributed by atoms with Crippen LogP contribution in [0.2, 0.25) is 5.02 Å². The maximum absolute atomic E-state index is 11.4. The summed E-state index contributed by atoms with van der Waals surface area (Å²) in [5.41, 5.74) is 1.89. The van der Waals surface area contributed by atoms with E-state index >= 15 is 0 Å². The number of rotatable bonds is 2. The van der Waals surface area contributed by atoms with E-state index in [4.69, 9.17) is 11.6 Å². The maximum Gasteiger partial charge on any atom is 0.339 e. The van der Waals surface area contributed by atoms with E-state index in [0.717, 1.165) is 11.1 Å². The van der Waals surface area contributed by atoms with Crippen molar-refractivity contribution in [3.05, 3.63) is 40.9 Å². The Morgan fingerprint density at radius 3 is 2.64 bits per heavy atom. The van der Waals surface area contributed by atoms with Gasteiger partial charge in [0.15, 0.2) is 0 Å². The van der Waals surface area contributed by atoms with Crippen molar-refractivity contribution in [2.75, 3.05) is 7.11 Å². The molecule has 0 saturated carbocycles. The molecule has 0 atom stereocenters. The van der Waals surface area contributed by atoms with E-state index in [0.29, 0.717) is 10.6 Å². The Hall–Kier alpha value is -1.28. The van der Waals surface area contributed by atoms with E-state index in [1.807, 2.05) is 6.92 Å². The van der Waals surface area contributed by atoms with Gasteiger partial charge in [-0.2, -0.15) is 0 Å². The summed E-state index contributed by atoms with van der Waals surface area (Å²) in [6.07, 6.45) is 0. The molecule has 0 radical (unpaired) electrons. The van der Waals surface area contributed by atoms with Gasteiger partial charge in [-0.25, -0.2) is 4.79 Å². The molecule has 0 amide bonds. The van der Waals surface area contributed by atoms with Crippen LogP contribution in [0.1, 0.15) is 22.8 Å². The van der Waals surface area contributed by atoms with E-state index < -0.39 is 5.97 Å². The molecule has 1 rings (SSSR count). The van der Waals surface area contributed by atoms with E-state index in [-0.39, 0.29) is 0 Å². The molecule has 0 spiro atoms. The average Bonchev–Trinajstić information content (AvgIpc) is 2.16. The number of carbonyl (C=O) groups is 1. The summed E-state index contributed by atoms with van der Waals surface area (Å²) < 4.78 is 4.64. The molecule has 0 fully saturated rings. The third-order valence-electron chi connectivity index (χ3n) is 1.86. The minimum absolute atomic E-state index is 0.379. The SMILES string of the molecule is C=C(C)c1cccc(Cl)c1C(=O)OC. The molecule has 0 saturated heterocycles. The number of hydrogen-bond donors (Lipinski definition) is 0. The Bertz CT molecular complexity index is 383. The molecular weight excluding hydrogens is 200 g/mol. The zero-order chi connectivity index (χ0) is 10.7. The van der Waals surface area contributed by atoms with Crippen LogP contribution in [0.3, 0.4) is 0 Å². The summed E-state index contributed by atoms with van der Waals surface area (Å²) >= 11 is 5.91. The monoisotopic (exact) mass is 210 g/mol. The van der Waals surface area contributed by atoms with Gasteiger partial charge in [-0.15, -0.1) is 0 Å². The number of methoxy groups -OCH3 is 1. The van der Waals surface area contributed by atoms with Crippen LogP contribution in [0.25, 0.3) is 5.57 Å². The second-order valence-corrected chi connectivity index (χ2v) is 3.34. The Labute approximate surface area is 88.1 Å². The molecule has 0 N–H and O–H groups in total. The highest BCUT2D eigenvalue weighted by atomic mass is 35.5. The number of benzene rings is 1. The minimum atomic E-state index is -0.436. The summed E-state index contributed by atoms with van der Waals surface area (Å²) in [5.74, 6) is -0.436. The van der Waals surface area contributed by atoms with Gasteiger partial charge >= 0.3 is 5.97 Å². The molecule has 0 aliphatic rings. The lowest BCUT2D eigenvalue weighted by Crippen LogP contribution is -2.05. The van der Waals surface area contributed by atoms with Gasteiger partial charge in [-0.05, 0) is 18.6 Å². The fourth-order valence-corrected chi connectivity index (χ4v) is 1.44. The molecule has 2 nitrogen and oxygen atoms in total. The van der Waals surface area contributed by atoms with Crippen LogP contribution in [0.5, 0.6) is 0 Å². The molecule has 0 heterocycles. The molecule has 0 aliphatic heterocycles. The molecule has 0 unspecified atom stereocenters. The number of esters is 1. The minimum Gasteiger partial charge on any atom is -0.465 e. The standard InChI is InChI=1S/C11H11ClO2/c1-7(2)8-5-4-6-9(12)10(8)11(13)14-3/h4-6H,1H2,2-3H3. The quantitative estimate of drug-likeness (QED) is 0.701. The summed E-state index contributed by atoms with van der Waals surface area (Å²) in [5, 5.41) is 0.386. The van der Waals surface area contributed by atoms with Crippen molar-refractivity contribution in [2.45, 2.75) is 6.92 Å². The molecule has 1 aromatic rings. The van der Waals surface area contributed by atoms with Gasteiger partial charge < -0.3 is 4.74 Å². The molecule has 1 aromatic carbocycles. The molecule has 0 aromatic heterocycles. The van der Waals surface area contributed by atoms with Crippen LogP contribution < -0.4 is 0 Å². The maximum atomic E-state index is 11.4. The van der Waals surface area contributed by atoms with E-state index in [1.54, 1.807) is 18.2 Å². The Morgan fingerprint density at radius 2 is 2.14 bits per heavy atom. The van der Waals surface area contributed by atoms with Gasteiger partial charge in [0.05, 0.1) is 17.7 Å². The van der Waals surface area contributed by atoms with Crippen LogP contribution in [0.15, 0.2) is 24.8 Å². The van der Waals surface area contributed by atoms with Crippen LogP contribution in [0.4, 0.5) is 0 Å². The molecular formula is C11H11ClO2. The molecule has 0 bridgehead atoms. The number of hydrogen-bond acceptors (Lipinski definition) is 2. The third-order valence-corrected chi connectivity index (χ3v) is 2.18. The van der Waals surface area contributed by atoms with E-state index in [1.165, 1.54) is 7.11 Å². The fraction of sp³-hybridized carbons (Fsp3) is 0.182. The summed E-state index contributed by atoms with van der Waals surface area (Å²) in [4.78, 5) is 11.4. The van der Waals surface area contributed by atoms with Gasteiger partial charge in [0, 0.05) is 0 Å². The second-order valence-electron chi connectivity index (χ2n) is 2.93. The predicted octanol–water partition coefficient (Wildman–Crippen LogP) is 3.16. The first-order valence-electron chi connectivity index (χ1n) is 4.10. The second kappa shape index (κ2) is 4.29. The number of allylic oxidation sites excluding steroid dienone is 1. The number of ether oxygens (including phenoxy) is 1. The number of carbonyl (C=O) groups excluding carboxylic acids is 1. The highest BCUT2D eigenvalue weighted by molar-refractivity contribution is 6.34. The van der Waals surface area contributed by atoms with Gasteiger partial charge in [0.2, 0.25) is 0 Å². The van der Waals surface area contributed by atoms with Crippen LogP contribution in [-0.2, 0) is 4.74 Å². The van der Waals surface area contributed by atoms with Gasteiger partial charge in [-0.1, -0.05) is 35.9 Å². The van der Waals surface area contributed by atoms with Crippen LogP contribution in [0, 0.1) is 0 Å². The topological polar surface area (TPSA) is 26.3 Å². The van der Waals surface area contributed by atoms with Gasteiger partial charge in [-0.3, -0.25) is 0 Å². The predicted molar refractivity (Wildman–Crippen MR) is 57.5 cm³/mol. The molecule has 14 heavy (non-hydrogen) atoms. The fourth-order valence-electron chi connectivity index (χ4n) is 1.19. The van der Waals surface area contributed by atoms with Crippen molar-refractivity contribution in [1.82, 2.24) is 0 Å². The highest BCUT2D eigenvalue weighted by Crippen LogP contribution is 2.25. The Balaban J connectivity index is 3.36. The van der Waals surface area contributed by atoms with Crippen molar-refractivity contribution in [3.63, 3.8) is 0 Å². The Morgan fingerprint density at radius 1 is 1.50 bits per heavy atom. The van der Waals surface area contributed by atoms with Gasteiger partial charge in [0.25, 0.3) is 0 Å². The van der Waals surface area contributed by atoms with Crippen molar-refractivity contribution >= 4 is 23.1 Å². The first-order chi connectivity index (χ1) is 6.57. The summed E-state index contributed by atoms with van der Waals surface area (Å²) in [6, 6.07) is 5.22. The van der Waals surface area contributed by atoms with Crippen LogP contribution in [-0.4, -0.2) is 13.1 Å². The van der Waals surface area contributed by atoms with Crippen molar-refractivity contribution < 1.29 is 9.53 Å². The largest absolute Gasteiger partial charge is 0.465 e. The van der Waals surface area contributed by atoms with Crippen molar-refractivity contribution in [3.8, 4) is 0 Å². The summed E-state index contributed by atoms with van der Waals surface area (Å²) in [7, 11) is 1.33. The normalized spacial score (nSPS) is 9.64. The van der Waals surface area contributed by atoms with Gasteiger partial charge in [0.1, 0.15) is 0 Å². The third kappa shape index (κ3) is 1.96.